The van der Waals surface area contributed by atoms with Gasteiger partial charge in [-0.05, 0) is 30.3 Å². The van der Waals surface area contributed by atoms with Crippen molar-refractivity contribution in [3.8, 4) is 5.75 Å². The molecule has 23 heavy (non-hydrogen) atoms. The second-order valence-corrected chi connectivity index (χ2v) is 5.98. The van der Waals surface area contributed by atoms with E-state index >= 15 is 0 Å². The van der Waals surface area contributed by atoms with Crippen molar-refractivity contribution in [1.82, 2.24) is 4.90 Å². The molecule has 2 aromatic rings. The van der Waals surface area contributed by atoms with Gasteiger partial charge < -0.3 is 15.0 Å². The Hall–Kier alpha value is -2.15. The third kappa shape index (κ3) is 3.01. The normalized spacial score (nSPS) is 17.0. The maximum absolute atomic E-state index is 12.6. The van der Waals surface area contributed by atoms with Crippen LogP contribution in [0.3, 0.4) is 0 Å². The summed E-state index contributed by atoms with van der Waals surface area (Å²) in [6, 6.07) is 11.8. The second-order valence-electron chi connectivity index (χ2n) is 5.07. The molecule has 1 N–H and O–H groups in total. The molecule has 0 spiro atoms. The number of para-hydroxylation sites is 1. The molecule has 0 radical (unpaired) electrons. The van der Waals surface area contributed by atoms with Crippen LogP contribution in [-0.2, 0) is 0 Å². The van der Waals surface area contributed by atoms with Crippen molar-refractivity contribution in [3.63, 3.8) is 0 Å². The zero-order valence-corrected chi connectivity index (χ0v) is 13.7. The third-order valence-electron chi connectivity index (χ3n) is 3.64. The van der Waals surface area contributed by atoms with E-state index in [1.807, 2.05) is 0 Å². The highest BCUT2D eigenvalue weighted by Gasteiger charge is 2.32. The molecule has 0 saturated carbocycles. The van der Waals surface area contributed by atoms with Gasteiger partial charge in [-0.1, -0.05) is 28.1 Å². The van der Waals surface area contributed by atoms with E-state index in [9.17, 15) is 13.6 Å². The number of carbonyl (C=O) groups excluding carboxylic acids is 1. The second kappa shape index (κ2) is 6.16. The van der Waals surface area contributed by atoms with Crippen LogP contribution in [0.5, 0.6) is 5.75 Å². The maximum atomic E-state index is 12.6. The summed E-state index contributed by atoms with van der Waals surface area (Å²) < 4.78 is 30.6. The van der Waals surface area contributed by atoms with Gasteiger partial charge in [-0.25, -0.2) is 0 Å². The molecule has 0 aromatic heterocycles. The van der Waals surface area contributed by atoms with Gasteiger partial charge in [0.25, 0.3) is 5.91 Å². The van der Waals surface area contributed by atoms with Crippen LogP contribution < -0.4 is 10.1 Å². The highest BCUT2D eigenvalue weighted by atomic mass is 79.9. The summed E-state index contributed by atoms with van der Waals surface area (Å²) in [5.41, 5.74) is 1.64. The number of anilines is 1. The Morgan fingerprint density at radius 1 is 1.26 bits per heavy atom. The van der Waals surface area contributed by atoms with Gasteiger partial charge >= 0.3 is 6.61 Å². The van der Waals surface area contributed by atoms with Crippen LogP contribution in [0.4, 0.5) is 14.5 Å². The average Bonchev–Trinajstić information content (AvgIpc) is 2.52. The number of halogens is 3. The van der Waals surface area contributed by atoms with Crippen molar-refractivity contribution in [2.75, 3.05) is 12.4 Å². The lowest BCUT2D eigenvalue weighted by molar-refractivity contribution is -0.0509. The summed E-state index contributed by atoms with van der Waals surface area (Å²) >= 11 is 3.32. The number of rotatable bonds is 3. The van der Waals surface area contributed by atoms with Crippen molar-refractivity contribution in [2.45, 2.75) is 12.8 Å². The monoisotopic (exact) mass is 382 g/mol. The van der Waals surface area contributed by atoms with Gasteiger partial charge in [0.2, 0.25) is 0 Å². The predicted octanol–water partition coefficient (Wildman–Crippen LogP) is 4.25. The van der Waals surface area contributed by atoms with Crippen molar-refractivity contribution in [3.05, 3.63) is 58.1 Å². The third-order valence-corrected chi connectivity index (χ3v) is 4.13. The lowest BCUT2D eigenvalue weighted by atomic mass is 10.0. The smallest absolute Gasteiger partial charge is 0.387 e. The molecule has 0 fully saturated rings. The minimum Gasteiger partial charge on any atom is -0.434 e. The van der Waals surface area contributed by atoms with E-state index in [0.717, 1.165) is 0 Å². The minimum absolute atomic E-state index is 0.0275. The molecule has 120 valence electrons. The molecule has 0 bridgehead atoms. The van der Waals surface area contributed by atoms with Crippen molar-refractivity contribution >= 4 is 27.5 Å². The van der Waals surface area contributed by atoms with Crippen LogP contribution in [0.1, 0.15) is 22.1 Å². The number of benzene rings is 2. The highest BCUT2D eigenvalue weighted by molar-refractivity contribution is 9.10. The molecule has 7 heteroatoms. The van der Waals surface area contributed by atoms with E-state index in [-0.39, 0.29) is 11.7 Å². The molecule has 4 nitrogen and oxygen atoms in total. The fraction of sp³-hybridized carbons (Fsp3) is 0.188. The van der Waals surface area contributed by atoms with Crippen LogP contribution in [-0.4, -0.2) is 24.5 Å². The minimum atomic E-state index is -2.94. The summed E-state index contributed by atoms with van der Waals surface area (Å²) in [5, 5.41) is 3.19. The molecule has 1 amide bonds. The Balaban J connectivity index is 2.05. The Kier molecular flexibility index (Phi) is 4.21. The number of nitrogens with one attached hydrogen (secondary N) is 1. The zero-order valence-electron chi connectivity index (χ0n) is 12.1. The lowest BCUT2D eigenvalue weighted by Crippen LogP contribution is -2.40. The number of ether oxygens (including phenoxy) is 1. The molecule has 1 aliphatic heterocycles. The molecule has 0 aliphatic carbocycles. The topological polar surface area (TPSA) is 41.6 Å². The summed E-state index contributed by atoms with van der Waals surface area (Å²) in [4.78, 5) is 14.0. The van der Waals surface area contributed by atoms with Gasteiger partial charge in [0.05, 0.1) is 5.56 Å². The maximum Gasteiger partial charge on any atom is 0.387 e. The first kappa shape index (κ1) is 15.7. The summed E-state index contributed by atoms with van der Waals surface area (Å²) in [6.45, 7) is -2.94. The fourth-order valence-corrected chi connectivity index (χ4v) is 2.95. The quantitative estimate of drug-likeness (QED) is 0.862. The van der Waals surface area contributed by atoms with Crippen LogP contribution in [0, 0.1) is 0 Å². The molecule has 1 aliphatic rings. The molecule has 1 atom stereocenters. The number of carbonyl (C=O) groups is 1. The Bertz CT molecular complexity index is 755. The lowest BCUT2D eigenvalue weighted by Gasteiger charge is -2.36. The van der Waals surface area contributed by atoms with E-state index in [2.05, 4.69) is 26.0 Å². The standard InChI is InChI=1S/C16H13BrF2N2O2/c1-21-14(20-12-5-3-2-4-10(12)15(21)22)11-8-9(17)6-7-13(11)23-16(18)19/h2-8,14,16,20H,1H3. The van der Waals surface area contributed by atoms with Crippen LogP contribution >= 0.6 is 15.9 Å². The van der Waals surface area contributed by atoms with Gasteiger partial charge in [-0.2, -0.15) is 8.78 Å². The molecular weight excluding hydrogens is 370 g/mol. The molecule has 2 aromatic carbocycles. The highest BCUT2D eigenvalue weighted by Crippen LogP contribution is 2.37. The van der Waals surface area contributed by atoms with Gasteiger partial charge in [-0.3, -0.25) is 4.79 Å². The summed E-state index contributed by atoms with van der Waals surface area (Å²) in [5.74, 6) is -0.160. The zero-order chi connectivity index (χ0) is 16.6. The predicted molar refractivity (Wildman–Crippen MR) is 85.7 cm³/mol. The van der Waals surface area contributed by atoms with E-state index in [0.29, 0.717) is 21.3 Å². The Morgan fingerprint density at radius 2 is 2.00 bits per heavy atom. The Labute approximate surface area is 140 Å². The van der Waals surface area contributed by atoms with Gasteiger partial charge in [0.1, 0.15) is 11.9 Å². The van der Waals surface area contributed by atoms with Crippen LogP contribution in [0.15, 0.2) is 46.9 Å². The fourth-order valence-electron chi connectivity index (χ4n) is 2.57. The molecular formula is C16H13BrF2N2O2. The van der Waals surface area contributed by atoms with Gasteiger partial charge in [0.15, 0.2) is 0 Å². The van der Waals surface area contributed by atoms with Crippen LogP contribution in [0.2, 0.25) is 0 Å². The first-order chi connectivity index (χ1) is 11.0. The van der Waals surface area contributed by atoms with E-state index in [1.165, 1.54) is 11.0 Å². The van der Waals surface area contributed by atoms with Gasteiger partial charge in [0, 0.05) is 22.8 Å². The summed E-state index contributed by atoms with van der Waals surface area (Å²) in [7, 11) is 1.61. The average molecular weight is 383 g/mol. The van der Waals surface area contributed by atoms with E-state index in [4.69, 9.17) is 0 Å². The van der Waals surface area contributed by atoms with Crippen molar-refractivity contribution < 1.29 is 18.3 Å². The largest absolute Gasteiger partial charge is 0.434 e. The molecule has 0 saturated heterocycles. The number of hydrogen-bond acceptors (Lipinski definition) is 3. The first-order valence-electron chi connectivity index (χ1n) is 6.84. The van der Waals surface area contributed by atoms with Crippen molar-refractivity contribution in [2.24, 2.45) is 0 Å². The molecule has 1 unspecified atom stereocenters. The van der Waals surface area contributed by atoms with Gasteiger partial charge in [-0.15, -0.1) is 0 Å². The van der Waals surface area contributed by atoms with Crippen LogP contribution in [0.25, 0.3) is 0 Å². The number of nitrogens with zero attached hydrogens (tertiary/aromatic N) is 1. The number of fused-ring (bicyclic) bond motifs is 1. The molecule has 3 rings (SSSR count). The molecule has 1 heterocycles. The number of amides is 1. The SMILES string of the molecule is CN1C(=O)c2ccccc2NC1c1cc(Br)ccc1OC(F)F. The Morgan fingerprint density at radius 3 is 2.74 bits per heavy atom. The first-order valence-corrected chi connectivity index (χ1v) is 7.63. The van der Waals surface area contributed by atoms with E-state index < -0.39 is 12.8 Å². The number of hydrogen-bond donors (Lipinski definition) is 1. The summed E-state index contributed by atoms with van der Waals surface area (Å²) in [6.07, 6.45) is -0.608. The van der Waals surface area contributed by atoms with E-state index in [1.54, 1.807) is 43.4 Å². The number of alkyl halides is 2. The van der Waals surface area contributed by atoms with Crippen molar-refractivity contribution in [1.29, 1.82) is 0 Å².